The monoisotopic (exact) mass is 223 g/mol. The molecule has 1 saturated heterocycles. The van der Waals surface area contributed by atoms with Gasteiger partial charge in [0.25, 0.3) is 0 Å². The Kier molecular flexibility index (Phi) is 2.37. The summed E-state index contributed by atoms with van der Waals surface area (Å²) in [6.07, 6.45) is 3.82. The van der Waals surface area contributed by atoms with E-state index in [0.29, 0.717) is 11.1 Å². The molecule has 4 heteroatoms. The van der Waals surface area contributed by atoms with Crippen LogP contribution in [0.3, 0.4) is 0 Å². The molecule has 0 aromatic carbocycles. The van der Waals surface area contributed by atoms with Crippen molar-refractivity contribution >= 4 is 11.6 Å². The maximum absolute atomic E-state index is 6.00. The molecule has 1 aromatic heterocycles. The molecule has 15 heavy (non-hydrogen) atoms. The minimum atomic E-state index is 0.599. The summed E-state index contributed by atoms with van der Waals surface area (Å²) in [6.45, 7) is 3.21. The van der Waals surface area contributed by atoms with Gasteiger partial charge in [0.15, 0.2) is 0 Å². The number of halogens is 1. The van der Waals surface area contributed by atoms with Crippen LogP contribution >= 0.6 is 11.6 Å². The maximum atomic E-state index is 6.00. The molecule has 1 aliphatic carbocycles. The molecule has 0 bridgehead atoms. The van der Waals surface area contributed by atoms with Gasteiger partial charge in [0, 0.05) is 11.6 Å². The van der Waals surface area contributed by atoms with Gasteiger partial charge in [0.2, 0.25) is 0 Å². The van der Waals surface area contributed by atoms with Crippen LogP contribution in [0.5, 0.6) is 0 Å². The minimum absolute atomic E-state index is 0.599. The van der Waals surface area contributed by atoms with E-state index in [1.165, 1.54) is 32.4 Å². The summed E-state index contributed by atoms with van der Waals surface area (Å²) >= 11 is 6.00. The summed E-state index contributed by atoms with van der Waals surface area (Å²) in [7, 11) is 0. The van der Waals surface area contributed by atoms with Crippen molar-refractivity contribution in [2.75, 3.05) is 13.1 Å². The summed E-state index contributed by atoms with van der Waals surface area (Å²) in [5.41, 5.74) is 1.14. The highest BCUT2D eigenvalue weighted by Gasteiger charge is 2.26. The van der Waals surface area contributed by atoms with Crippen LogP contribution < -0.4 is 0 Å². The standard InChI is InChI=1S/C11H14ClN3/c12-10-6-9(8-2-3-8)13-11(14-10)7-15-4-1-5-15/h6,8H,1-5,7H2. The van der Waals surface area contributed by atoms with Gasteiger partial charge in [0.05, 0.1) is 6.54 Å². The number of nitrogens with zero attached hydrogens (tertiary/aromatic N) is 3. The fourth-order valence-electron chi connectivity index (χ4n) is 1.88. The van der Waals surface area contributed by atoms with E-state index in [9.17, 15) is 0 Å². The molecule has 3 rings (SSSR count). The second kappa shape index (κ2) is 3.72. The first kappa shape index (κ1) is 9.55. The van der Waals surface area contributed by atoms with E-state index in [1.54, 1.807) is 0 Å². The Morgan fingerprint density at radius 3 is 2.73 bits per heavy atom. The molecule has 1 aliphatic heterocycles. The van der Waals surface area contributed by atoms with Gasteiger partial charge < -0.3 is 0 Å². The molecule has 0 unspecified atom stereocenters. The van der Waals surface area contributed by atoms with Gasteiger partial charge in [0.1, 0.15) is 11.0 Å². The molecule has 0 amide bonds. The second-order valence-corrected chi connectivity index (χ2v) is 4.82. The predicted molar refractivity (Wildman–Crippen MR) is 58.9 cm³/mol. The Balaban J connectivity index is 1.79. The zero-order valence-electron chi connectivity index (χ0n) is 8.62. The summed E-state index contributed by atoms with van der Waals surface area (Å²) in [5.74, 6) is 1.55. The van der Waals surface area contributed by atoms with E-state index >= 15 is 0 Å². The lowest BCUT2D eigenvalue weighted by molar-refractivity contribution is 0.168. The summed E-state index contributed by atoms with van der Waals surface area (Å²) < 4.78 is 0. The molecule has 2 heterocycles. The van der Waals surface area contributed by atoms with Gasteiger partial charge in [-0.2, -0.15) is 0 Å². The third-order valence-corrected chi connectivity index (χ3v) is 3.26. The number of hydrogen-bond donors (Lipinski definition) is 0. The van der Waals surface area contributed by atoms with Crippen molar-refractivity contribution in [2.24, 2.45) is 0 Å². The van der Waals surface area contributed by atoms with Gasteiger partial charge in [-0.25, -0.2) is 9.97 Å². The molecule has 80 valence electrons. The average Bonchev–Trinajstić information content (AvgIpc) is 2.93. The van der Waals surface area contributed by atoms with Crippen molar-refractivity contribution < 1.29 is 0 Å². The molecule has 2 aliphatic rings. The van der Waals surface area contributed by atoms with Crippen molar-refractivity contribution in [3.63, 3.8) is 0 Å². The van der Waals surface area contributed by atoms with Crippen LogP contribution in [0.15, 0.2) is 6.07 Å². The van der Waals surface area contributed by atoms with Crippen LogP contribution in [-0.4, -0.2) is 28.0 Å². The molecule has 3 nitrogen and oxygen atoms in total. The average molecular weight is 224 g/mol. The van der Waals surface area contributed by atoms with Crippen molar-refractivity contribution in [1.29, 1.82) is 0 Å². The Hall–Kier alpha value is -0.670. The number of rotatable bonds is 3. The van der Waals surface area contributed by atoms with E-state index in [1.807, 2.05) is 6.07 Å². The van der Waals surface area contributed by atoms with Gasteiger partial charge >= 0.3 is 0 Å². The topological polar surface area (TPSA) is 29.0 Å². The van der Waals surface area contributed by atoms with Crippen LogP contribution in [0.4, 0.5) is 0 Å². The molecule has 0 spiro atoms. The first-order chi connectivity index (χ1) is 7.31. The normalized spacial score (nSPS) is 21.4. The van der Waals surface area contributed by atoms with E-state index in [-0.39, 0.29) is 0 Å². The lowest BCUT2D eigenvalue weighted by atomic mass is 10.2. The number of likely N-dealkylation sites (tertiary alicyclic amines) is 1. The van der Waals surface area contributed by atoms with Gasteiger partial charge in [-0.1, -0.05) is 11.6 Å². The van der Waals surface area contributed by atoms with Gasteiger partial charge in [-0.3, -0.25) is 4.90 Å². The molecular weight excluding hydrogens is 210 g/mol. The fraction of sp³-hybridized carbons (Fsp3) is 0.636. The largest absolute Gasteiger partial charge is 0.296 e. The minimum Gasteiger partial charge on any atom is -0.296 e. The zero-order chi connectivity index (χ0) is 10.3. The highest BCUT2D eigenvalue weighted by Crippen LogP contribution is 2.39. The van der Waals surface area contributed by atoms with Crippen LogP contribution in [0.25, 0.3) is 0 Å². The molecule has 0 N–H and O–H groups in total. The zero-order valence-corrected chi connectivity index (χ0v) is 9.37. The van der Waals surface area contributed by atoms with E-state index in [4.69, 9.17) is 11.6 Å². The van der Waals surface area contributed by atoms with E-state index < -0.39 is 0 Å². The van der Waals surface area contributed by atoms with Crippen molar-refractivity contribution in [1.82, 2.24) is 14.9 Å². The molecule has 1 aromatic rings. The SMILES string of the molecule is Clc1cc(C2CC2)nc(CN2CCC2)n1. The van der Waals surface area contributed by atoms with Crippen molar-refractivity contribution in [2.45, 2.75) is 31.7 Å². The fourth-order valence-corrected chi connectivity index (χ4v) is 2.09. The van der Waals surface area contributed by atoms with Crippen LogP contribution in [0.2, 0.25) is 5.15 Å². The van der Waals surface area contributed by atoms with Gasteiger partial charge in [-0.05, 0) is 38.4 Å². The summed E-state index contributed by atoms with van der Waals surface area (Å²) in [4.78, 5) is 11.2. The predicted octanol–water partition coefficient (Wildman–Crippen LogP) is 2.21. The number of aromatic nitrogens is 2. The highest BCUT2D eigenvalue weighted by molar-refractivity contribution is 6.29. The Labute approximate surface area is 94.5 Å². The highest BCUT2D eigenvalue weighted by atomic mass is 35.5. The molecule has 1 saturated carbocycles. The summed E-state index contributed by atoms with van der Waals surface area (Å²) in [5, 5.41) is 0.599. The van der Waals surface area contributed by atoms with Crippen molar-refractivity contribution in [3.05, 3.63) is 22.7 Å². The lowest BCUT2D eigenvalue weighted by Gasteiger charge is -2.29. The molecular formula is C11H14ClN3. The van der Waals surface area contributed by atoms with Gasteiger partial charge in [-0.15, -0.1) is 0 Å². The van der Waals surface area contributed by atoms with E-state index in [2.05, 4.69) is 14.9 Å². The molecule has 0 atom stereocenters. The van der Waals surface area contributed by atoms with Crippen molar-refractivity contribution in [3.8, 4) is 0 Å². The molecule has 0 radical (unpaired) electrons. The Morgan fingerprint density at radius 1 is 1.33 bits per heavy atom. The Bertz CT molecular complexity index is 372. The first-order valence-corrected chi connectivity index (χ1v) is 5.95. The van der Waals surface area contributed by atoms with Crippen LogP contribution in [0, 0.1) is 0 Å². The maximum Gasteiger partial charge on any atom is 0.144 e. The Morgan fingerprint density at radius 2 is 2.13 bits per heavy atom. The smallest absolute Gasteiger partial charge is 0.144 e. The van der Waals surface area contributed by atoms with E-state index in [0.717, 1.165) is 18.1 Å². The number of hydrogen-bond acceptors (Lipinski definition) is 3. The lowest BCUT2D eigenvalue weighted by Crippen LogP contribution is -2.36. The second-order valence-electron chi connectivity index (χ2n) is 4.44. The first-order valence-electron chi connectivity index (χ1n) is 5.57. The quantitative estimate of drug-likeness (QED) is 0.736. The van der Waals surface area contributed by atoms with Crippen LogP contribution in [-0.2, 0) is 6.54 Å². The van der Waals surface area contributed by atoms with Crippen LogP contribution in [0.1, 0.15) is 36.7 Å². The molecule has 2 fully saturated rings. The third kappa shape index (κ3) is 2.13. The summed E-state index contributed by atoms with van der Waals surface area (Å²) in [6, 6.07) is 1.92. The third-order valence-electron chi connectivity index (χ3n) is 3.07.